The van der Waals surface area contributed by atoms with Gasteiger partial charge in [-0.25, -0.2) is 4.39 Å². The monoisotopic (exact) mass is 165 g/mol. The molecule has 2 aromatic rings. The molecule has 60 valence electrons. The van der Waals surface area contributed by atoms with Gasteiger partial charge in [0.15, 0.2) is 5.82 Å². The molecule has 0 saturated carbocycles. The summed E-state index contributed by atoms with van der Waals surface area (Å²) in [4.78, 5) is 10.3. The molecule has 1 aromatic carbocycles. The van der Waals surface area contributed by atoms with E-state index in [-0.39, 0.29) is 11.1 Å². The number of halogens is 1. The van der Waals surface area contributed by atoms with Gasteiger partial charge in [-0.15, -0.1) is 0 Å². The molecule has 1 heterocycles. The molecule has 0 fully saturated rings. The lowest BCUT2D eigenvalue weighted by Gasteiger charge is -1.90. The number of hydrogen-bond donors (Lipinski definition) is 0. The number of hydrogen-bond acceptors (Lipinski definition) is 3. The summed E-state index contributed by atoms with van der Waals surface area (Å²) in [7, 11) is 0. The normalized spacial score (nSPS) is 10.4. The molecule has 0 aliphatic carbocycles. The molecule has 0 amide bonds. The van der Waals surface area contributed by atoms with Crippen molar-refractivity contribution in [2.24, 2.45) is 0 Å². The molecule has 0 spiro atoms. The summed E-state index contributed by atoms with van der Waals surface area (Å²) < 4.78 is 17.6. The average Bonchev–Trinajstić information content (AvgIpc) is 2.52. The van der Waals surface area contributed by atoms with Crippen LogP contribution in [0.3, 0.4) is 0 Å². The molecule has 0 radical (unpaired) electrons. The van der Waals surface area contributed by atoms with Crippen molar-refractivity contribution in [3.05, 3.63) is 29.7 Å². The Bertz CT molecular complexity index is 436. The van der Waals surface area contributed by atoms with E-state index in [0.29, 0.717) is 11.7 Å². The zero-order chi connectivity index (χ0) is 8.55. The van der Waals surface area contributed by atoms with Crippen LogP contribution in [0.15, 0.2) is 22.9 Å². The molecule has 0 aliphatic heterocycles. The van der Waals surface area contributed by atoms with Crippen LogP contribution in [-0.4, -0.2) is 11.4 Å². The first-order valence-electron chi connectivity index (χ1n) is 3.30. The molecule has 0 saturated heterocycles. The van der Waals surface area contributed by atoms with Crippen LogP contribution in [0.1, 0.15) is 10.4 Å². The lowest BCUT2D eigenvalue weighted by molar-refractivity contribution is 0.112. The van der Waals surface area contributed by atoms with Gasteiger partial charge in [-0.05, 0) is 12.1 Å². The van der Waals surface area contributed by atoms with E-state index < -0.39 is 5.82 Å². The second-order valence-corrected chi connectivity index (χ2v) is 2.36. The Hall–Kier alpha value is -1.71. The van der Waals surface area contributed by atoms with Crippen molar-refractivity contribution in [3.8, 4) is 0 Å². The van der Waals surface area contributed by atoms with Gasteiger partial charge >= 0.3 is 0 Å². The minimum atomic E-state index is -0.563. The average molecular weight is 165 g/mol. The van der Waals surface area contributed by atoms with Gasteiger partial charge in [0, 0.05) is 10.9 Å². The highest BCUT2D eigenvalue weighted by molar-refractivity contribution is 5.85. The van der Waals surface area contributed by atoms with Gasteiger partial charge in [0.2, 0.25) is 5.58 Å². The Morgan fingerprint density at radius 1 is 1.50 bits per heavy atom. The Morgan fingerprint density at radius 3 is 3.08 bits per heavy atom. The number of nitrogens with zero attached hydrogens (tertiary/aromatic N) is 1. The highest BCUT2D eigenvalue weighted by atomic mass is 19.1. The quantitative estimate of drug-likeness (QED) is 0.605. The van der Waals surface area contributed by atoms with Crippen LogP contribution in [0, 0.1) is 5.82 Å². The Labute approximate surface area is 66.8 Å². The van der Waals surface area contributed by atoms with Crippen LogP contribution in [0.2, 0.25) is 0 Å². The summed E-state index contributed by atoms with van der Waals surface area (Å²) in [5.41, 5.74) is 0.365. The van der Waals surface area contributed by atoms with Crippen LogP contribution >= 0.6 is 0 Å². The Morgan fingerprint density at radius 2 is 2.33 bits per heavy atom. The molecule has 12 heavy (non-hydrogen) atoms. The first-order valence-corrected chi connectivity index (χ1v) is 3.30. The van der Waals surface area contributed by atoms with Crippen LogP contribution in [-0.2, 0) is 0 Å². The van der Waals surface area contributed by atoms with Crippen molar-refractivity contribution >= 4 is 17.3 Å². The second kappa shape index (κ2) is 2.41. The lowest BCUT2D eigenvalue weighted by atomic mass is 10.2. The summed E-state index contributed by atoms with van der Waals surface area (Å²) in [6, 6.07) is 2.63. The standard InChI is InChI=1S/C8H4FNO2/c9-7-2-5(4-11)1-6-3-10-12-8(6)7/h1-4H. The van der Waals surface area contributed by atoms with E-state index in [2.05, 4.69) is 9.68 Å². The third-order valence-electron chi connectivity index (χ3n) is 1.57. The molecular weight excluding hydrogens is 161 g/mol. The number of rotatable bonds is 1. The minimum Gasteiger partial charge on any atom is -0.353 e. The number of benzene rings is 1. The third-order valence-corrected chi connectivity index (χ3v) is 1.57. The molecule has 0 atom stereocenters. The topological polar surface area (TPSA) is 43.1 Å². The molecule has 0 N–H and O–H groups in total. The predicted octanol–water partition coefficient (Wildman–Crippen LogP) is 1.78. The number of aldehydes is 1. The molecule has 1 aromatic heterocycles. The lowest BCUT2D eigenvalue weighted by Crippen LogP contribution is -1.82. The van der Waals surface area contributed by atoms with Crippen molar-refractivity contribution in [1.29, 1.82) is 0 Å². The van der Waals surface area contributed by atoms with Crippen LogP contribution in [0.5, 0.6) is 0 Å². The molecule has 0 unspecified atom stereocenters. The first kappa shape index (κ1) is 6.97. The maximum atomic E-state index is 13.0. The van der Waals surface area contributed by atoms with Crippen molar-refractivity contribution < 1.29 is 13.7 Å². The predicted molar refractivity (Wildman–Crippen MR) is 39.4 cm³/mol. The van der Waals surface area contributed by atoms with E-state index in [9.17, 15) is 9.18 Å². The SMILES string of the molecule is O=Cc1cc(F)c2oncc2c1. The van der Waals surface area contributed by atoms with Gasteiger partial charge < -0.3 is 4.52 Å². The summed E-state index contributed by atoms with van der Waals surface area (Å²) in [5, 5.41) is 3.90. The van der Waals surface area contributed by atoms with Gasteiger partial charge in [0.25, 0.3) is 0 Å². The highest BCUT2D eigenvalue weighted by Crippen LogP contribution is 2.18. The first-order chi connectivity index (χ1) is 5.81. The fourth-order valence-corrected chi connectivity index (χ4v) is 1.03. The van der Waals surface area contributed by atoms with Crippen molar-refractivity contribution in [1.82, 2.24) is 5.16 Å². The number of carbonyl (C=O) groups is 1. The van der Waals surface area contributed by atoms with E-state index in [1.54, 1.807) is 0 Å². The van der Waals surface area contributed by atoms with Crippen molar-refractivity contribution in [2.45, 2.75) is 0 Å². The van der Waals surface area contributed by atoms with Gasteiger partial charge in [-0.3, -0.25) is 4.79 Å². The summed E-state index contributed by atoms with van der Waals surface area (Å²) >= 11 is 0. The summed E-state index contributed by atoms with van der Waals surface area (Å²) in [6.45, 7) is 0. The largest absolute Gasteiger partial charge is 0.353 e. The zero-order valence-electron chi connectivity index (χ0n) is 5.95. The smallest absolute Gasteiger partial charge is 0.202 e. The molecule has 3 nitrogen and oxygen atoms in total. The molecule has 0 aliphatic rings. The molecule has 2 rings (SSSR count). The van der Waals surface area contributed by atoms with Gasteiger partial charge in [0.05, 0.1) is 6.20 Å². The van der Waals surface area contributed by atoms with E-state index >= 15 is 0 Å². The summed E-state index contributed by atoms with van der Waals surface area (Å²) in [6.07, 6.45) is 1.95. The van der Waals surface area contributed by atoms with Crippen LogP contribution < -0.4 is 0 Å². The molecule has 0 bridgehead atoms. The summed E-state index contributed by atoms with van der Waals surface area (Å²) in [5.74, 6) is -0.563. The van der Waals surface area contributed by atoms with Gasteiger partial charge in [-0.2, -0.15) is 0 Å². The number of aromatic nitrogens is 1. The zero-order valence-corrected chi connectivity index (χ0v) is 5.95. The van der Waals surface area contributed by atoms with Crippen LogP contribution in [0.4, 0.5) is 4.39 Å². The fraction of sp³-hybridized carbons (Fsp3) is 0. The van der Waals surface area contributed by atoms with Crippen molar-refractivity contribution in [3.63, 3.8) is 0 Å². The maximum Gasteiger partial charge on any atom is 0.202 e. The van der Waals surface area contributed by atoms with E-state index in [1.165, 1.54) is 12.3 Å². The van der Waals surface area contributed by atoms with Crippen LogP contribution in [0.25, 0.3) is 11.0 Å². The maximum absolute atomic E-state index is 13.0. The fourth-order valence-electron chi connectivity index (χ4n) is 1.03. The number of fused-ring (bicyclic) bond motifs is 1. The molecule has 4 heteroatoms. The van der Waals surface area contributed by atoms with E-state index in [0.717, 1.165) is 6.07 Å². The van der Waals surface area contributed by atoms with E-state index in [4.69, 9.17) is 0 Å². The van der Waals surface area contributed by atoms with Crippen molar-refractivity contribution in [2.75, 3.05) is 0 Å². The van der Waals surface area contributed by atoms with Gasteiger partial charge in [-0.1, -0.05) is 5.16 Å². The third kappa shape index (κ3) is 0.887. The minimum absolute atomic E-state index is 0.0839. The van der Waals surface area contributed by atoms with Gasteiger partial charge in [0.1, 0.15) is 6.29 Å². The molecular formula is C8H4FNO2. The highest BCUT2D eigenvalue weighted by Gasteiger charge is 2.06. The second-order valence-electron chi connectivity index (χ2n) is 2.36. The van der Waals surface area contributed by atoms with E-state index in [1.807, 2.05) is 0 Å². The Kier molecular flexibility index (Phi) is 1.40. The Balaban J connectivity index is 2.83. The number of carbonyl (C=O) groups excluding carboxylic acids is 1.